The molecule has 1 heteroatoms. The number of carbonyl (C=O) groups is 1. The van der Waals surface area contributed by atoms with Crippen LogP contribution in [0.4, 0.5) is 0 Å². The number of fused-ring (bicyclic) bond motifs is 1. The van der Waals surface area contributed by atoms with Gasteiger partial charge in [0.15, 0.2) is 5.78 Å². The minimum atomic E-state index is -0.0931. The quantitative estimate of drug-likeness (QED) is 0.703. The van der Waals surface area contributed by atoms with Gasteiger partial charge in [0.25, 0.3) is 0 Å². The molecular formula is C18H20O. The maximum Gasteiger partial charge on any atom is 0.169 e. The number of Topliss-reactive ketones (excluding diaryl/α,β-unsaturated/α-hetero) is 1. The molecule has 0 unspecified atom stereocenters. The Morgan fingerprint density at radius 3 is 2.47 bits per heavy atom. The molecule has 0 heterocycles. The van der Waals surface area contributed by atoms with E-state index in [1.54, 1.807) is 0 Å². The Kier molecular flexibility index (Phi) is 3.14. The first-order chi connectivity index (χ1) is 9.27. The Balaban J connectivity index is 2.11. The summed E-state index contributed by atoms with van der Waals surface area (Å²) in [5, 5.41) is 2.27. The third-order valence-corrected chi connectivity index (χ3v) is 4.75. The van der Waals surface area contributed by atoms with Crippen molar-refractivity contribution in [1.82, 2.24) is 0 Å². The van der Waals surface area contributed by atoms with Gasteiger partial charge in [0.05, 0.1) is 0 Å². The zero-order valence-electron chi connectivity index (χ0n) is 11.5. The van der Waals surface area contributed by atoms with E-state index in [2.05, 4.69) is 25.1 Å². The van der Waals surface area contributed by atoms with Gasteiger partial charge in [-0.2, -0.15) is 0 Å². The third-order valence-electron chi connectivity index (χ3n) is 4.75. The molecule has 2 aromatic carbocycles. The van der Waals surface area contributed by atoms with Crippen LogP contribution in [0.5, 0.6) is 0 Å². The van der Waals surface area contributed by atoms with E-state index in [9.17, 15) is 4.79 Å². The van der Waals surface area contributed by atoms with E-state index in [1.165, 1.54) is 12.8 Å². The molecule has 0 aliphatic heterocycles. The minimum Gasteiger partial charge on any atom is -0.294 e. The Labute approximate surface area is 114 Å². The van der Waals surface area contributed by atoms with Crippen LogP contribution < -0.4 is 0 Å². The van der Waals surface area contributed by atoms with Gasteiger partial charge in [0.1, 0.15) is 0 Å². The Hall–Kier alpha value is -1.63. The molecule has 0 bridgehead atoms. The van der Waals surface area contributed by atoms with Crippen LogP contribution in [0, 0.1) is 5.41 Å². The van der Waals surface area contributed by atoms with Gasteiger partial charge in [0, 0.05) is 11.0 Å². The number of hydrogen-bond donors (Lipinski definition) is 0. The SMILES string of the molecule is CCC1(C(=O)c2cccc3ccccc23)CCCC1. The number of hydrogen-bond acceptors (Lipinski definition) is 1. The molecular weight excluding hydrogens is 232 g/mol. The van der Waals surface area contributed by atoms with Crippen molar-refractivity contribution in [1.29, 1.82) is 0 Å². The molecule has 0 radical (unpaired) electrons. The lowest BCUT2D eigenvalue weighted by molar-refractivity contribution is 0.0793. The first kappa shape index (κ1) is 12.4. The highest BCUT2D eigenvalue weighted by molar-refractivity contribution is 6.10. The zero-order valence-corrected chi connectivity index (χ0v) is 11.5. The summed E-state index contributed by atoms with van der Waals surface area (Å²) in [5.74, 6) is 0.365. The van der Waals surface area contributed by atoms with Gasteiger partial charge in [0.2, 0.25) is 0 Å². The monoisotopic (exact) mass is 252 g/mol. The van der Waals surface area contributed by atoms with Gasteiger partial charge in [-0.05, 0) is 30.0 Å². The molecule has 1 aliphatic rings. The third kappa shape index (κ3) is 1.98. The molecule has 2 aromatic rings. The number of ketones is 1. The Bertz CT molecular complexity index is 601. The lowest BCUT2D eigenvalue weighted by atomic mass is 9.76. The van der Waals surface area contributed by atoms with Gasteiger partial charge >= 0.3 is 0 Å². The fourth-order valence-corrected chi connectivity index (χ4v) is 3.50. The average molecular weight is 252 g/mol. The number of carbonyl (C=O) groups excluding carboxylic acids is 1. The lowest BCUT2D eigenvalue weighted by Gasteiger charge is -2.26. The van der Waals surface area contributed by atoms with Crippen LogP contribution in [0.15, 0.2) is 42.5 Å². The molecule has 0 spiro atoms. The molecule has 19 heavy (non-hydrogen) atoms. The molecule has 98 valence electrons. The first-order valence-electron chi connectivity index (χ1n) is 7.29. The van der Waals surface area contributed by atoms with Gasteiger partial charge < -0.3 is 0 Å². The predicted octanol–water partition coefficient (Wildman–Crippen LogP) is 4.99. The van der Waals surface area contributed by atoms with Crippen LogP contribution in [0.1, 0.15) is 49.4 Å². The smallest absolute Gasteiger partial charge is 0.169 e. The van der Waals surface area contributed by atoms with Crippen molar-refractivity contribution in [3.63, 3.8) is 0 Å². The maximum absolute atomic E-state index is 13.0. The first-order valence-corrected chi connectivity index (χ1v) is 7.29. The summed E-state index contributed by atoms with van der Waals surface area (Å²) in [6, 6.07) is 14.3. The summed E-state index contributed by atoms with van der Waals surface area (Å²) in [7, 11) is 0. The molecule has 1 nitrogen and oxygen atoms in total. The molecule has 1 fully saturated rings. The normalized spacial score (nSPS) is 17.7. The van der Waals surface area contributed by atoms with E-state index < -0.39 is 0 Å². The number of benzene rings is 2. The largest absolute Gasteiger partial charge is 0.294 e. The van der Waals surface area contributed by atoms with E-state index in [-0.39, 0.29) is 5.41 Å². The minimum absolute atomic E-state index is 0.0931. The predicted molar refractivity (Wildman–Crippen MR) is 79.5 cm³/mol. The highest BCUT2D eigenvalue weighted by Crippen LogP contribution is 2.44. The average Bonchev–Trinajstić information content (AvgIpc) is 2.96. The van der Waals surface area contributed by atoms with Crippen molar-refractivity contribution in [2.45, 2.75) is 39.0 Å². The zero-order chi connectivity index (χ0) is 13.3. The maximum atomic E-state index is 13.0. The van der Waals surface area contributed by atoms with Crippen molar-refractivity contribution >= 4 is 16.6 Å². The van der Waals surface area contributed by atoms with Gasteiger partial charge in [-0.15, -0.1) is 0 Å². The van der Waals surface area contributed by atoms with E-state index in [1.807, 2.05) is 24.3 Å². The van der Waals surface area contributed by atoms with E-state index in [0.717, 1.165) is 35.6 Å². The second kappa shape index (κ2) is 4.80. The topological polar surface area (TPSA) is 17.1 Å². The summed E-state index contributed by atoms with van der Waals surface area (Å²) in [4.78, 5) is 13.0. The molecule has 3 rings (SSSR count). The summed E-state index contributed by atoms with van der Waals surface area (Å²) >= 11 is 0. The highest BCUT2D eigenvalue weighted by Gasteiger charge is 2.39. The van der Waals surface area contributed by atoms with Crippen molar-refractivity contribution in [3.05, 3.63) is 48.0 Å². The summed E-state index contributed by atoms with van der Waals surface area (Å²) in [6.07, 6.45) is 5.49. The molecule has 0 amide bonds. The van der Waals surface area contributed by atoms with Crippen LogP contribution in [-0.2, 0) is 0 Å². The lowest BCUT2D eigenvalue weighted by Crippen LogP contribution is -2.27. The van der Waals surface area contributed by atoms with Crippen molar-refractivity contribution in [2.24, 2.45) is 5.41 Å². The molecule has 0 saturated heterocycles. The molecule has 0 aromatic heterocycles. The standard InChI is InChI=1S/C18H20O/c1-2-18(12-5-6-13-18)17(19)16-11-7-9-14-8-3-4-10-15(14)16/h3-4,7-11H,2,5-6,12-13H2,1H3. The molecule has 1 saturated carbocycles. The molecule has 0 atom stereocenters. The van der Waals surface area contributed by atoms with Gasteiger partial charge in [-0.3, -0.25) is 4.79 Å². The highest BCUT2D eigenvalue weighted by atomic mass is 16.1. The summed E-state index contributed by atoms with van der Waals surface area (Å²) in [6.45, 7) is 2.16. The van der Waals surface area contributed by atoms with E-state index in [4.69, 9.17) is 0 Å². The van der Waals surface area contributed by atoms with Crippen LogP contribution in [-0.4, -0.2) is 5.78 Å². The van der Waals surface area contributed by atoms with Crippen molar-refractivity contribution < 1.29 is 4.79 Å². The summed E-state index contributed by atoms with van der Waals surface area (Å²) < 4.78 is 0. The van der Waals surface area contributed by atoms with Gasteiger partial charge in [-0.25, -0.2) is 0 Å². The number of rotatable bonds is 3. The van der Waals surface area contributed by atoms with E-state index >= 15 is 0 Å². The van der Waals surface area contributed by atoms with Crippen LogP contribution in [0.3, 0.4) is 0 Å². The van der Waals surface area contributed by atoms with Crippen LogP contribution in [0.25, 0.3) is 10.8 Å². The fourth-order valence-electron chi connectivity index (χ4n) is 3.50. The fraction of sp³-hybridized carbons (Fsp3) is 0.389. The van der Waals surface area contributed by atoms with Crippen molar-refractivity contribution in [3.8, 4) is 0 Å². The Morgan fingerprint density at radius 2 is 1.74 bits per heavy atom. The Morgan fingerprint density at radius 1 is 1.05 bits per heavy atom. The second-order valence-electron chi connectivity index (χ2n) is 5.70. The van der Waals surface area contributed by atoms with E-state index in [0.29, 0.717) is 5.78 Å². The van der Waals surface area contributed by atoms with Gasteiger partial charge in [-0.1, -0.05) is 62.2 Å². The van der Waals surface area contributed by atoms with Crippen molar-refractivity contribution in [2.75, 3.05) is 0 Å². The summed E-state index contributed by atoms with van der Waals surface area (Å²) in [5.41, 5.74) is 0.825. The van der Waals surface area contributed by atoms with Crippen LogP contribution in [0.2, 0.25) is 0 Å². The second-order valence-corrected chi connectivity index (χ2v) is 5.70. The van der Waals surface area contributed by atoms with Crippen LogP contribution >= 0.6 is 0 Å². The molecule has 1 aliphatic carbocycles. The molecule has 0 N–H and O–H groups in total.